The molecule has 0 saturated heterocycles. The van der Waals surface area contributed by atoms with Gasteiger partial charge in [-0.2, -0.15) is 4.31 Å². The van der Waals surface area contributed by atoms with Gasteiger partial charge >= 0.3 is 5.97 Å². The van der Waals surface area contributed by atoms with Crippen LogP contribution < -0.4 is 5.32 Å². The van der Waals surface area contributed by atoms with Gasteiger partial charge in [-0.15, -0.1) is 0 Å². The molecule has 7 nitrogen and oxygen atoms in total. The van der Waals surface area contributed by atoms with Gasteiger partial charge in [0.15, 0.2) is 0 Å². The zero-order valence-electron chi connectivity index (χ0n) is 14.4. The Balaban J connectivity index is 2.75. The summed E-state index contributed by atoms with van der Waals surface area (Å²) in [4.78, 5) is 23.7. The number of hydrogen-bond acceptors (Lipinski definition) is 5. The van der Waals surface area contributed by atoms with Crippen molar-refractivity contribution in [3.63, 3.8) is 0 Å². The summed E-state index contributed by atoms with van der Waals surface area (Å²) in [6, 6.07) is 5.95. The van der Waals surface area contributed by atoms with Crippen molar-refractivity contribution in [2.75, 3.05) is 24.7 Å². The number of anilines is 1. The summed E-state index contributed by atoms with van der Waals surface area (Å²) in [5.41, 5.74) is 0.859. The molecule has 0 bridgehead atoms. The van der Waals surface area contributed by atoms with Crippen LogP contribution in [-0.2, 0) is 19.6 Å². The zero-order chi connectivity index (χ0) is 18.3. The van der Waals surface area contributed by atoms with Crippen LogP contribution in [-0.4, -0.2) is 50.0 Å². The first-order chi connectivity index (χ1) is 11.2. The van der Waals surface area contributed by atoms with Crippen molar-refractivity contribution in [1.82, 2.24) is 4.31 Å². The van der Waals surface area contributed by atoms with Gasteiger partial charge in [0.25, 0.3) is 0 Å². The molecule has 0 aliphatic heterocycles. The maximum Gasteiger partial charge on any atom is 0.338 e. The summed E-state index contributed by atoms with van der Waals surface area (Å²) in [6.45, 7) is 5.36. The number of nitrogens with one attached hydrogen (secondary N) is 1. The number of nitrogens with zero attached hydrogens (tertiary/aromatic N) is 1. The highest BCUT2D eigenvalue weighted by molar-refractivity contribution is 7.88. The maximum atomic E-state index is 12.1. The van der Waals surface area contributed by atoms with E-state index in [1.54, 1.807) is 26.0 Å². The second-order valence-corrected chi connectivity index (χ2v) is 7.35. The molecule has 24 heavy (non-hydrogen) atoms. The molecule has 0 heterocycles. The molecule has 1 amide bonds. The van der Waals surface area contributed by atoms with E-state index in [2.05, 4.69) is 5.32 Å². The first kappa shape index (κ1) is 20.1. The summed E-state index contributed by atoms with van der Waals surface area (Å²) < 4.78 is 29.6. The van der Waals surface area contributed by atoms with Crippen LogP contribution in [0, 0.1) is 0 Å². The molecule has 134 valence electrons. The molecular formula is C16H24N2O5S. The zero-order valence-corrected chi connectivity index (χ0v) is 15.2. The lowest BCUT2D eigenvalue weighted by molar-refractivity contribution is -0.116. The molecule has 1 rings (SSSR count). The summed E-state index contributed by atoms with van der Waals surface area (Å²) in [5, 5.41) is 2.62. The van der Waals surface area contributed by atoms with E-state index < -0.39 is 21.9 Å². The van der Waals surface area contributed by atoms with Crippen LogP contribution in [0.2, 0.25) is 0 Å². The molecule has 1 aromatic carbocycles. The summed E-state index contributed by atoms with van der Waals surface area (Å²) >= 11 is 0. The van der Waals surface area contributed by atoms with Crippen LogP contribution in [0.1, 0.15) is 37.6 Å². The third kappa shape index (κ3) is 5.93. The Kier molecular flexibility index (Phi) is 7.37. The molecule has 0 fully saturated rings. The molecule has 8 heteroatoms. The van der Waals surface area contributed by atoms with Gasteiger partial charge in [-0.05, 0) is 44.5 Å². The Morgan fingerprint density at radius 2 is 1.79 bits per heavy atom. The van der Waals surface area contributed by atoms with E-state index in [-0.39, 0.29) is 19.2 Å². The number of carbonyl (C=O) groups excluding carboxylic acids is 2. The second-order valence-electron chi connectivity index (χ2n) is 5.41. The Morgan fingerprint density at radius 1 is 1.21 bits per heavy atom. The molecule has 0 aliphatic rings. The minimum atomic E-state index is -3.48. The lowest BCUT2D eigenvalue weighted by atomic mass is 10.2. The summed E-state index contributed by atoms with van der Waals surface area (Å²) in [6.07, 6.45) is 1.69. The third-order valence-corrected chi connectivity index (χ3v) is 4.83. The van der Waals surface area contributed by atoms with Gasteiger partial charge in [-0.1, -0.05) is 6.92 Å². The van der Waals surface area contributed by atoms with E-state index in [9.17, 15) is 18.0 Å². The molecule has 0 saturated carbocycles. The second kappa shape index (κ2) is 8.79. The average Bonchev–Trinajstić information content (AvgIpc) is 2.51. The van der Waals surface area contributed by atoms with Crippen LogP contribution in [0.25, 0.3) is 0 Å². The van der Waals surface area contributed by atoms with Crippen LogP contribution in [0.15, 0.2) is 24.3 Å². The van der Waals surface area contributed by atoms with Gasteiger partial charge in [-0.25, -0.2) is 13.2 Å². The summed E-state index contributed by atoms with van der Waals surface area (Å²) in [5.74, 6) is -0.875. The fourth-order valence-electron chi connectivity index (χ4n) is 2.05. The molecule has 1 atom stereocenters. The Labute approximate surface area is 143 Å². The van der Waals surface area contributed by atoms with E-state index in [0.29, 0.717) is 17.7 Å². The monoisotopic (exact) mass is 356 g/mol. The number of sulfonamides is 1. The topological polar surface area (TPSA) is 92.8 Å². The largest absolute Gasteiger partial charge is 0.462 e. The van der Waals surface area contributed by atoms with Gasteiger partial charge in [0.2, 0.25) is 15.9 Å². The van der Waals surface area contributed by atoms with Crippen molar-refractivity contribution in [2.24, 2.45) is 0 Å². The van der Waals surface area contributed by atoms with Crippen molar-refractivity contribution < 1.29 is 22.7 Å². The molecule has 0 spiro atoms. The molecule has 1 N–H and O–H groups in total. The Morgan fingerprint density at radius 3 is 2.25 bits per heavy atom. The van der Waals surface area contributed by atoms with E-state index in [4.69, 9.17) is 4.74 Å². The smallest absolute Gasteiger partial charge is 0.338 e. The van der Waals surface area contributed by atoms with Crippen LogP contribution in [0.5, 0.6) is 0 Å². The van der Waals surface area contributed by atoms with Crippen molar-refractivity contribution in [2.45, 2.75) is 33.2 Å². The van der Waals surface area contributed by atoms with Crippen LogP contribution in [0.3, 0.4) is 0 Å². The van der Waals surface area contributed by atoms with E-state index >= 15 is 0 Å². The first-order valence-corrected chi connectivity index (χ1v) is 9.57. The van der Waals surface area contributed by atoms with Gasteiger partial charge < -0.3 is 10.1 Å². The molecule has 1 aromatic rings. The van der Waals surface area contributed by atoms with Crippen molar-refractivity contribution in [3.05, 3.63) is 29.8 Å². The summed E-state index contributed by atoms with van der Waals surface area (Å²) in [7, 11) is -3.48. The number of benzene rings is 1. The normalized spacial score (nSPS) is 12.7. The minimum Gasteiger partial charge on any atom is -0.462 e. The highest BCUT2D eigenvalue weighted by Gasteiger charge is 2.24. The molecule has 0 aliphatic carbocycles. The number of carbonyl (C=O) groups is 2. The average molecular weight is 356 g/mol. The van der Waals surface area contributed by atoms with Crippen molar-refractivity contribution in [1.29, 1.82) is 0 Å². The van der Waals surface area contributed by atoms with E-state index in [0.717, 1.165) is 10.6 Å². The Hall–Kier alpha value is -1.93. The molecular weight excluding hydrogens is 332 g/mol. The predicted octanol–water partition coefficient (Wildman–Crippen LogP) is 1.86. The molecule has 0 radical (unpaired) electrons. The predicted molar refractivity (Wildman–Crippen MR) is 92.3 cm³/mol. The third-order valence-electron chi connectivity index (χ3n) is 3.49. The van der Waals surface area contributed by atoms with Gasteiger partial charge in [0, 0.05) is 11.7 Å². The molecule has 1 unspecified atom stereocenters. The van der Waals surface area contributed by atoms with E-state index in [1.165, 1.54) is 12.1 Å². The van der Waals surface area contributed by atoms with Crippen molar-refractivity contribution in [3.8, 4) is 0 Å². The number of hydrogen-bond donors (Lipinski definition) is 1. The first-order valence-electron chi connectivity index (χ1n) is 7.72. The number of amides is 1. The van der Waals surface area contributed by atoms with Gasteiger partial charge in [-0.3, -0.25) is 4.79 Å². The molecule has 0 aromatic heterocycles. The number of rotatable bonds is 8. The fourth-order valence-corrected chi connectivity index (χ4v) is 3.20. The van der Waals surface area contributed by atoms with Crippen LogP contribution >= 0.6 is 0 Å². The number of esters is 1. The highest BCUT2D eigenvalue weighted by Crippen LogP contribution is 2.12. The standard InChI is InChI=1S/C16H24N2O5S/c1-5-12(3)18(24(4,21)22)11-15(19)17-14-9-7-13(8-10-14)16(20)23-6-2/h7-10,12H,5-6,11H2,1-4H3,(H,17,19). The lowest BCUT2D eigenvalue weighted by Crippen LogP contribution is -2.42. The van der Waals surface area contributed by atoms with Crippen molar-refractivity contribution >= 4 is 27.6 Å². The van der Waals surface area contributed by atoms with Gasteiger partial charge in [0.05, 0.1) is 25.0 Å². The lowest BCUT2D eigenvalue weighted by Gasteiger charge is -2.25. The highest BCUT2D eigenvalue weighted by atomic mass is 32.2. The van der Waals surface area contributed by atoms with E-state index in [1.807, 2.05) is 6.92 Å². The quantitative estimate of drug-likeness (QED) is 0.718. The van der Waals surface area contributed by atoms with Crippen LogP contribution in [0.4, 0.5) is 5.69 Å². The minimum absolute atomic E-state index is 0.256. The fraction of sp³-hybridized carbons (Fsp3) is 0.500. The SMILES string of the molecule is CCOC(=O)c1ccc(NC(=O)CN(C(C)CC)S(C)(=O)=O)cc1. The number of ether oxygens (including phenoxy) is 1. The van der Waals surface area contributed by atoms with Gasteiger partial charge in [0.1, 0.15) is 0 Å². The Bertz CT molecular complexity index is 670. The maximum absolute atomic E-state index is 12.1.